The molecule has 116 valence electrons. The highest BCUT2D eigenvalue weighted by molar-refractivity contribution is 7.16. The van der Waals surface area contributed by atoms with Crippen molar-refractivity contribution in [3.05, 3.63) is 56.9 Å². The Morgan fingerprint density at radius 2 is 1.78 bits per heavy atom. The van der Waals surface area contributed by atoms with Crippen LogP contribution >= 0.6 is 22.7 Å². The summed E-state index contributed by atoms with van der Waals surface area (Å²) >= 11 is 3.42. The number of hydrogen-bond acceptors (Lipinski definition) is 6. The van der Waals surface area contributed by atoms with Crippen LogP contribution in [0.25, 0.3) is 10.7 Å². The topological polar surface area (TPSA) is 44.2 Å². The number of aromatic nitrogens is 2. The van der Waals surface area contributed by atoms with Crippen LogP contribution in [0.5, 0.6) is 0 Å². The fraction of sp³-hybridized carbons (Fsp3) is 0.294. The zero-order valence-corrected chi connectivity index (χ0v) is 14.0. The summed E-state index contributed by atoms with van der Waals surface area (Å²) in [6.07, 6.45) is 5.42. The van der Waals surface area contributed by atoms with Crippen LogP contribution in [0.2, 0.25) is 0 Å². The molecule has 0 saturated heterocycles. The van der Waals surface area contributed by atoms with E-state index in [9.17, 15) is 0 Å². The second-order valence-corrected chi connectivity index (χ2v) is 7.59. The Morgan fingerprint density at radius 3 is 2.61 bits per heavy atom. The monoisotopic (exact) mass is 342 g/mol. The lowest BCUT2D eigenvalue weighted by atomic mass is 9.97. The van der Waals surface area contributed by atoms with Crippen LogP contribution in [-0.4, -0.2) is 23.2 Å². The predicted molar refractivity (Wildman–Crippen MR) is 89.8 cm³/mol. The van der Waals surface area contributed by atoms with Gasteiger partial charge in [-0.15, -0.1) is 22.7 Å². The molecule has 2 aliphatic rings. The van der Waals surface area contributed by atoms with Crippen LogP contribution in [0, 0.1) is 0 Å². The van der Waals surface area contributed by atoms with Gasteiger partial charge in [-0.25, -0.2) is 9.97 Å². The lowest BCUT2D eigenvalue weighted by Gasteiger charge is -2.39. The SMILES string of the molecule is c1cnc(-c2cc3c(s2)C2(OCCc4ccsc42)OCC3)nc1. The Kier molecular flexibility index (Phi) is 3.12. The summed E-state index contributed by atoms with van der Waals surface area (Å²) in [5.41, 5.74) is 2.64. The van der Waals surface area contributed by atoms with Crippen molar-refractivity contribution >= 4 is 22.7 Å². The van der Waals surface area contributed by atoms with Crippen LogP contribution in [0.3, 0.4) is 0 Å². The zero-order valence-electron chi connectivity index (χ0n) is 12.3. The van der Waals surface area contributed by atoms with Crippen molar-refractivity contribution in [2.24, 2.45) is 0 Å². The average Bonchev–Trinajstić information content (AvgIpc) is 3.24. The summed E-state index contributed by atoms with van der Waals surface area (Å²) in [4.78, 5) is 12.2. The molecular formula is C17H14N2O2S2. The van der Waals surface area contributed by atoms with E-state index in [0.29, 0.717) is 13.2 Å². The fourth-order valence-electron chi connectivity index (χ4n) is 3.27. The van der Waals surface area contributed by atoms with Gasteiger partial charge in [0.15, 0.2) is 5.82 Å². The van der Waals surface area contributed by atoms with Crippen LogP contribution < -0.4 is 0 Å². The molecule has 1 spiro atoms. The molecule has 0 aromatic carbocycles. The minimum absolute atomic E-state index is 0.677. The zero-order chi connectivity index (χ0) is 15.3. The van der Waals surface area contributed by atoms with Crippen molar-refractivity contribution in [2.45, 2.75) is 18.6 Å². The van der Waals surface area contributed by atoms with Crippen molar-refractivity contribution in [1.82, 2.24) is 9.97 Å². The summed E-state index contributed by atoms with van der Waals surface area (Å²) in [5, 5.41) is 2.13. The number of rotatable bonds is 1. The Bertz CT molecular complexity index is 855. The molecule has 1 atom stereocenters. The van der Waals surface area contributed by atoms with Gasteiger partial charge in [0.1, 0.15) is 0 Å². The number of hydrogen-bond donors (Lipinski definition) is 0. The first-order valence-electron chi connectivity index (χ1n) is 7.62. The van der Waals surface area contributed by atoms with Gasteiger partial charge in [0.2, 0.25) is 5.79 Å². The second kappa shape index (κ2) is 5.21. The third-order valence-electron chi connectivity index (χ3n) is 4.29. The number of nitrogens with zero attached hydrogens (tertiary/aromatic N) is 2. The van der Waals surface area contributed by atoms with E-state index in [4.69, 9.17) is 9.47 Å². The Hall–Kier alpha value is -1.60. The highest BCUT2D eigenvalue weighted by atomic mass is 32.1. The molecule has 0 saturated carbocycles. The van der Waals surface area contributed by atoms with Gasteiger partial charge < -0.3 is 9.47 Å². The summed E-state index contributed by atoms with van der Waals surface area (Å²) in [6.45, 7) is 1.37. The number of thiophene rings is 2. The number of ether oxygens (including phenoxy) is 2. The highest BCUT2D eigenvalue weighted by Crippen LogP contribution is 2.50. The van der Waals surface area contributed by atoms with Gasteiger partial charge >= 0.3 is 0 Å². The Morgan fingerprint density at radius 1 is 1.00 bits per heavy atom. The molecule has 6 heteroatoms. The largest absolute Gasteiger partial charge is 0.341 e. The molecule has 3 aromatic heterocycles. The molecule has 4 nitrogen and oxygen atoms in total. The minimum atomic E-state index is -0.715. The van der Waals surface area contributed by atoms with E-state index >= 15 is 0 Å². The summed E-state index contributed by atoms with van der Waals surface area (Å²) in [7, 11) is 0. The molecule has 0 bridgehead atoms. The van der Waals surface area contributed by atoms with Gasteiger partial charge in [0.05, 0.1) is 27.8 Å². The van der Waals surface area contributed by atoms with Crippen molar-refractivity contribution in [3.8, 4) is 10.7 Å². The van der Waals surface area contributed by atoms with Crippen LogP contribution in [0.4, 0.5) is 0 Å². The molecular weight excluding hydrogens is 328 g/mol. The van der Waals surface area contributed by atoms with Crippen molar-refractivity contribution in [2.75, 3.05) is 13.2 Å². The molecule has 0 radical (unpaired) electrons. The van der Waals surface area contributed by atoms with E-state index in [2.05, 4.69) is 27.5 Å². The standard InChI is InChI=1S/C17H14N2O2S2/c1-5-18-16(19-6-1)13-10-12-3-8-21-17(15(12)23-13)14-11(2-7-20-17)4-9-22-14/h1,4-6,9-10H,2-3,7-8H2. The van der Waals surface area contributed by atoms with Crippen LogP contribution in [-0.2, 0) is 28.1 Å². The maximum absolute atomic E-state index is 6.22. The third kappa shape index (κ3) is 2.03. The van der Waals surface area contributed by atoms with Crippen molar-refractivity contribution in [1.29, 1.82) is 0 Å². The molecule has 0 N–H and O–H groups in total. The Balaban J connectivity index is 1.69. The molecule has 23 heavy (non-hydrogen) atoms. The highest BCUT2D eigenvalue weighted by Gasteiger charge is 2.47. The molecule has 5 rings (SSSR count). The smallest absolute Gasteiger partial charge is 0.241 e. The average molecular weight is 342 g/mol. The fourth-order valence-corrected chi connectivity index (χ4v) is 5.66. The van der Waals surface area contributed by atoms with Crippen molar-refractivity contribution in [3.63, 3.8) is 0 Å². The molecule has 1 unspecified atom stereocenters. The molecule has 0 aliphatic carbocycles. The van der Waals surface area contributed by atoms with Gasteiger partial charge in [0.25, 0.3) is 0 Å². The van der Waals surface area contributed by atoms with Gasteiger partial charge in [-0.3, -0.25) is 0 Å². The first kappa shape index (κ1) is 13.8. The molecule has 5 heterocycles. The summed E-state index contributed by atoms with van der Waals surface area (Å²) < 4.78 is 12.4. The normalized spacial score (nSPS) is 22.8. The summed E-state index contributed by atoms with van der Waals surface area (Å²) in [6, 6.07) is 6.23. The van der Waals surface area contributed by atoms with E-state index in [1.165, 1.54) is 16.0 Å². The van der Waals surface area contributed by atoms with Gasteiger partial charge in [0, 0.05) is 12.4 Å². The van der Waals surface area contributed by atoms with Gasteiger partial charge in [-0.2, -0.15) is 0 Å². The van der Waals surface area contributed by atoms with Gasteiger partial charge in [-0.1, -0.05) is 0 Å². The first-order chi connectivity index (χ1) is 11.4. The van der Waals surface area contributed by atoms with Crippen molar-refractivity contribution < 1.29 is 9.47 Å². The van der Waals surface area contributed by atoms with Crippen LogP contribution in [0.1, 0.15) is 20.9 Å². The van der Waals surface area contributed by atoms with E-state index in [-0.39, 0.29) is 0 Å². The molecule has 0 fully saturated rings. The third-order valence-corrected chi connectivity index (χ3v) is 6.59. The molecule has 0 amide bonds. The van der Waals surface area contributed by atoms with E-state index in [1.807, 2.05) is 6.07 Å². The van der Waals surface area contributed by atoms with E-state index in [0.717, 1.165) is 28.4 Å². The van der Waals surface area contributed by atoms with E-state index < -0.39 is 5.79 Å². The van der Waals surface area contributed by atoms with Crippen LogP contribution in [0.15, 0.2) is 36.0 Å². The Labute approximate surface area is 141 Å². The maximum atomic E-state index is 6.22. The lowest BCUT2D eigenvalue weighted by molar-refractivity contribution is -0.225. The maximum Gasteiger partial charge on any atom is 0.241 e. The quantitative estimate of drug-likeness (QED) is 0.678. The number of fused-ring (bicyclic) bond motifs is 4. The second-order valence-electron chi connectivity index (χ2n) is 5.63. The molecule has 2 aliphatic heterocycles. The minimum Gasteiger partial charge on any atom is -0.341 e. The van der Waals surface area contributed by atoms with E-state index in [1.54, 1.807) is 35.1 Å². The molecule has 3 aromatic rings. The lowest BCUT2D eigenvalue weighted by Crippen LogP contribution is -2.41. The first-order valence-corrected chi connectivity index (χ1v) is 9.32. The predicted octanol–water partition coefficient (Wildman–Crippen LogP) is 3.61. The van der Waals surface area contributed by atoms with Gasteiger partial charge in [-0.05, 0) is 47.5 Å². The summed E-state index contributed by atoms with van der Waals surface area (Å²) in [5.74, 6) is 0.0526.